The highest BCUT2D eigenvalue weighted by Gasteiger charge is 2.18. The summed E-state index contributed by atoms with van der Waals surface area (Å²) in [4.78, 5) is 0. The molecule has 0 spiro atoms. The van der Waals surface area contributed by atoms with Gasteiger partial charge in [0.25, 0.3) is 0 Å². The van der Waals surface area contributed by atoms with Gasteiger partial charge in [0, 0.05) is 17.7 Å². The number of nitrogens with two attached hydrogens (primary N) is 2. The number of anilines is 1. The molecule has 3 rings (SSSR count). The van der Waals surface area contributed by atoms with E-state index in [9.17, 15) is 0 Å². The first-order valence-electron chi connectivity index (χ1n) is 11.0. The molecule has 0 aliphatic heterocycles. The van der Waals surface area contributed by atoms with Crippen LogP contribution in [0, 0.1) is 6.92 Å². The number of hydrogen-bond acceptors (Lipinski definition) is 4. The number of nitrogens with zero attached hydrogens (tertiary/aromatic N) is 1. The predicted octanol–water partition coefficient (Wildman–Crippen LogP) is 6.24. The van der Waals surface area contributed by atoms with Crippen molar-refractivity contribution in [2.75, 3.05) is 12.3 Å². The van der Waals surface area contributed by atoms with Gasteiger partial charge in [0.15, 0.2) is 0 Å². The van der Waals surface area contributed by atoms with Gasteiger partial charge in [-0.25, -0.2) is 0 Å². The van der Waals surface area contributed by atoms with Crippen molar-refractivity contribution in [3.63, 3.8) is 0 Å². The number of aromatic nitrogens is 1. The lowest BCUT2D eigenvalue weighted by Gasteiger charge is -2.08. The molecule has 0 radical (unpaired) electrons. The van der Waals surface area contributed by atoms with Crippen molar-refractivity contribution in [3.8, 4) is 0 Å². The summed E-state index contributed by atoms with van der Waals surface area (Å²) in [5, 5.41) is 4.13. The lowest BCUT2D eigenvalue weighted by Crippen LogP contribution is -2.02. The minimum absolute atomic E-state index is 0.819. The van der Waals surface area contributed by atoms with Gasteiger partial charge in [-0.15, -0.1) is 0 Å². The fourth-order valence-corrected chi connectivity index (χ4v) is 2.56. The van der Waals surface area contributed by atoms with Crippen LogP contribution in [0.4, 0.5) is 5.69 Å². The highest BCUT2D eigenvalue weighted by molar-refractivity contribution is 5.38. The molecule has 4 N–H and O–H groups in total. The molecule has 1 aliphatic carbocycles. The maximum absolute atomic E-state index is 5.43. The second-order valence-corrected chi connectivity index (χ2v) is 7.25. The molecule has 4 nitrogen and oxygen atoms in total. The second-order valence-electron chi connectivity index (χ2n) is 7.25. The highest BCUT2D eigenvalue weighted by atomic mass is 16.5. The lowest BCUT2D eigenvalue weighted by atomic mass is 9.95. The Kier molecular flexibility index (Phi) is 16.2. The largest absolute Gasteiger partial charge is 0.399 e. The van der Waals surface area contributed by atoms with Crippen LogP contribution in [0.5, 0.6) is 0 Å². The molecule has 1 aliphatic rings. The molecule has 0 saturated heterocycles. The predicted molar refractivity (Wildman–Crippen MR) is 123 cm³/mol. The average Bonchev–Trinajstić information content (AvgIpc) is 3.13. The number of unbranched alkanes of at least 4 members (excludes halogenated alkanes) is 1. The number of rotatable bonds is 4. The topological polar surface area (TPSA) is 78.1 Å². The number of hydrogen-bond donors (Lipinski definition) is 2. The molecular weight excluding hydrogens is 346 g/mol. The Balaban J connectivity index is 0.000000415. The highest BCUT2D eigenvalue weighted by Crippen LogP contribution is 2.24. The van der Waals surface area contributed by atoms with Gasteiger partial charge < -0.3 is 16.0 Å². The number of fused-ring (bicyclic) bond motifs is 1. The summed E-state index contributed by atoms with van der Waals surface area (Å²) in [5.41, 5.74) is 15.2. The molecule has 0 amide bonds. The van der Waals surface area contributed by atoms with Crippen molar-refractivity contribution in [3.05, 3.63) is 46.8 Å². The van der Waals surface area contributed by atoms with E-state index >= 15 is 0 Å². The summed E-state index contributed by atoms with van der Waals surface area (Å²) >= 11 is 0. The molecule has 1 aromatic heterocycles. The summed E-state index contributed by atoms with van der Waals surface area (Å²) in [6, 6.07) is 7.79. The summed E-state index contributed by atoms with van der Waals surface area (Å²) in [6.45, 7) is 11.4. The molecule has 4 heteroatoms. The van der Waals surface area contributed by atoms with Crippen molar-refractivity contribution in [1.29, 1.82) is 0 Å². The molecule has 0 unspecified atom stereocenters. The van der Waals surface area contributed by atoms with Crippen molar-refractivity contribution >= 4 is 5.69 Å². The zero-order chi connectivity index (χ0) is 21.2. The Hall–Kier alpha value is -1.81. The first-order valence-corrected chi connectivity index (χ1v) is 11.0. The van der Waals surface area contributed by atoms with Gasteiger partial charge in [-0.1, -0.05) is 63.4 Å². The monoisotopic (exact) mass is 389 g/mol. The first kappa shape index (κ1) is 26.2. The fraction of sp³-hybridized carbons (Fsp3) is 0.625. The van der Waals surface area contributed by atoms with Crippen molar-refractivity contribution in [1.82, 2.24) is 5.16 Å². The molecule has 2 aromatic rings. The van der Waals surface area contributed by atoms with Gasteiger partial charge in [-0.3, -0.25) is 0 Å². The Labute approximate surface area is 173 Å². The van der Waals surface area contributed by atoms with Crippen LogP contribution in [-0.4, -0.2) is 11.7 Å². The molecule has 28 heavy (non-hydrogen) atoms. The Morgan fingerprint density at radius 2 is 1.54 bits per heavy atom. The van der Waals surface area contributed by atoms with E-state index in [1.807, 2.05) is 31.2 Å². The van der Waals surface area contributed by atoms with Crippen molar-refractivity contribution in [2.24, 2.45) is 5.73 Å². The number of aryl methyl sites for hydroxylation is 3. The van der Waals surface area contributed by atoms with Crippen LogP contribution in [0.1, 0.15) is 88.8 Å². The average molecular weight is 390 g/mol. The van der Waals surface area contributed by atoms with E-state index < -0.39 is 0 Å². The standard InChI is InChI=1S/C11H17NO.C7H9N.C3H9N.C3H8/c1-2-3-8-11-9-6-4-5-7-10(9)12-13-11;1-6-2-4-7(8)5-3-6;1-2-3-4;1-3-2/h2-8H2,1H3;2-5H,8H2,1H3;2-4H2,1H3;3H2,1-2H3. The van der Waals surface area contributed by atoms with Gasteiger partial charge in [0.1, 0.15) is 5.76 Å². The third-order valence-electron chi connectivity index (χ3n) is 4.16. The van der Waals surface area contributed by atoms with Crippen molar-refractivity contribution < 1.29 is 4.52 Å². The van der Waals surface area contributed by atoms with Crippen LogP contribution in [0.15, 0.2) is 28.8 Å². The fourth-order valence-electron chi connectivity index (χ4n) is 2.56. The molecule has 1 aromatic carbocycles. The molecule has 160 valence electrons. The van der Waals surface area contributed by atoms with E-state index in [4.69, 9.17) is 16.0 Å². The third kappa shape index (κ3) is 11.8. The maximum Gasteiger partial charge on any atom is 0.140 e. The molecule has 1 heterocycles. The van der Waals surface area contributed by atoms with Gasteiger partial charge >= 0.3 is 0 Å². The zero-order valence-corrected chi connectivity index (χ0v) is 18.9. The summed E-state index contributed by atoms with van der Waals surface area (Å²) in [6.07, 6.45) is 10.8. The van der Waals surface area contributed by atoms with E-state index in [1.165, 1.54) is 55.3 Å². The molecular formula is C24H43N3O. The zero-order valence-electron chi connectivity index (χ0n) is 18.9. The first-order chi connectivity index (χ1) is 13.5. The van der Waals surface area contributed by atoms with Crippen molar-refractivity contribution in [2.45, 2.75) is 92.4 Å². The normalized spacial score (nSPS) is 11.6. The summed E-state index contributed by atoms with van der Waals surface area (Å²) < 4.78 is 5.37. The minimum atomic E-state index is 0.819. The SMILES string of the molecule is CCC.CCCCc1onc2c1CCCC2.CCCN.Cc1ccc(N)cc1. The Morgan fingerprint density at radius 1 is 0.964 bits per heavy atom. The summed E-state index contributed by atoms with van der Waals surface area (Å²) in [7, 11) is 0. The number of benzene rings is 1. The maximum atomic E-state index is 5.43. The molecule has 0 bridgehead atoms. The van der Waals surface area contributed by atoms with Gasteiger partial charge in [-0.2, -0.15) is 0 Å². The second kappa shape index (κ2) is 17.3. The van der Waals surface area contributed by atoms with Crippen LogP contribution in [0.25, 0.3) is 0 Å². The third-order valence-corrected chi connectivity index (χ3v) is 4.16. The summed E-state index contributed by atoms with van der Waals surface area (Å²) in [5.74, 6) is 1.16. The minimum Gasteiger partial charge on any atom is -0.399 e. The van der Waals surface area contributed by atoms with E-state index in [0.29, 0.717) is 0 Å². The van der Waals surface area contributed by atoms with E-state index in [-0.39, 0.29) is 0 Å². The van der Waals surface area contributed by atoms with Gasteiger partial charge in [-0.05, 0) is 64.1 Å². The van der Waals surface area contributed by atoms with E-state index in [0.717, 1.165) is 37.3 Å². The van der Waals surface area contributed by atoms with Gasteiger partial charge in [0.2, 0.25) is 0 Å². The molecule has 0 saturated carbocycles. The lowest BCUT2D eigenvalue weighted by molar-refractivity contribution is 0.374. The number of nitrogen functional groups attached to an aromatic ring is 1. The van der Waals surface area contributed by atoms with Crippen LogP contribution < -0.4 is 11.5 Å². The van der Waals surface area contributed by atoms with E-state index in [1.54, 1.807) is 0 Å². The molecule has 0 atom stereocenters. The van der Waals surface area contributed by atoms with Crippen LogP contribution in [0.2, 0.25) is 0 Å². The van der Waals surface area contributed by atoms with Crippen LogP contribution in [-0.2, 0) is 19.3 Å². The smallest absolute Gasteiger partial charge is 0.140 e. The molecule has 0 fully saturated rings. The van der Waals surface area contributed by atoms with E-state index in [2.05, 4.69) is 32.9 Å². The quantitative estimate of drug-likeness (QED) is 0.606. The Morgan fingerprint density at radius 3 is 2.04 bits per heavy atom. The Bertz CT molecular complexity index is 567. The van der Waals surface area contributed by atoms with Crippen LogP contribution >= 0.6 is 0 Å². The van der Waals surface area contributed by atoms with Gasteiger partial charge in [0.05, 0.1) is 5.69 Å². The van der Waals surface area contributed by atoms with Crippen LogP contribution in [0.3, 0.4) is 0 Å².